The fraction of sp³-hybridized carbons (Fsp3) is 0.500. The first-order valence-corrected chi connectivity index (χ1v) is 8.37. The van der Waals surface area contributed by atoms with Crippen molar-refractivity contribution in [2.75, 3.05) is 26.2 Å². The van der Waals surface area contributed by atoms with Gasteiger partial charge in [0.05, 0.1) is 9.37 Å². The molecule has 19 heavy (non-hydrogen) atoms. The maximum Gasteiger partial charge on any atom is 0.243 e. The molecule has 2 aliphatic heterocycles. The van der Waals surface area contributed by atoms with Crippen molar-refractivity contribution in [3.63, 3.8) is 0 Å². The molecular weight excluding hydrogens is 335 g/mol. The van der Waals surface area contributed by atoms with E-state index in [2.05, 4.69) is 21.2 Å². The minimum absolute atomic E-state index is 0.0288. The van der Waals surface area contributed by atoms with E-state index in [4.69, 9.17) is 0 Å². The Morgan fingerprint density at radius 2 is 1.89 bits per heavy atom. The van der Waals surface area contributed by atoms with Crippen molar-refractivity contribution in [1.82, 2.24) is 9.62 Å². The fourth-order valence-corrected chi connectivity index (χ4v) is 4.61. The zero-order valence-electron chi connectivity index (χ0n) is 10.1. The lowest BCUT2D eigenvalue weighted by Crippen LogP contribution is -2.32. The molecule has 0 bridgehead atoms. The second-order valence-electron chi connectivity index (χ2n) is 5.08. The van der Waals surface area contributed by atoms with Crippen molar-refractivity contribution < 1.29 is 12.8 Å². The molecule has 2 atom stereocenters. The van der Waals surface area contributed by atoms with Crippen LogP contribution in [0.25, 0.3) is 0 Å². The summed E-state index contributed by atoms with van der Waals surface area (Å²) >= 11 is 3.03. The lowest BCUT2D eigenvalue weighted by atomic mass is 10.0. The number of fused-ring (bicyclic) bond motifs is 1. The van der Waals surface area contributed by atoms with Crippen molar-refractivity contribution in [3.05, 3.63) is 28.5 Å². The van der Waals surface area contributed by atoms with Gasteiger partial charge in [0.15, 0.2) is 0 Å². The van der Waals surface area contributed by atoms with Crippen LogP contribution in [0.3, 0.4) is 0 Å². The van der Waals surface area contributed by atoms with Gasteiger partial charge in [-0.1, -0.05) is 0 Å². The second-order valence-corrected chi connectivity index (χ2v) is 7.87. The number of benzene rings is 1. The highest BCUT2D eigenvalue weighted by atomic mass is 79.9. The zero-order chi connectivity index (χ0) is 13.6. The Bertz CT molecular complexity index is 596. The van der Waals surface area contributed by atoms with Gasteiger partial charge in [0.25, 0.3) is 0 Å². The molecule has 1 aromatic rings. The number of halogens is 2. The third-order valence-corrected chi connectivity index (χ3v) is 6.36. The summed E-state index contributed by atoms with van der Waals surface area (Å²) in [6, 6.07) is 3.95. The number of hydrogen-bond donors (Lipinski definition) is 1. The van der Waals surface area contributed by atoms with E-state index in [0.29, 0.717) is 24.9 Å². The largest absolute Gasteiger partial charge is 0.316 e. The number of sulfonamides is 1. The van der Waals surface area contributed by atoms with Crippen LogP contribution in [0.15, 0.2) is 27.6 Å². The Balaban J connectivity index is 1.88. The van der Waals surface area contributed by atoms with E-state index >= 15 is 0 Å². The molecule has 0 amide bonds. The molecule has 2 heterocycles. The van der Waals surface area contributed by atoms with Crippen molar-refractivity contribution in [2.24, 2.45) is 11.8 Å². The molecule has 104 valence electrons. The lowest BCUT2D eigenvalue weighted by molar-refractivity contribution is 0.447. The Morgan fingerprint density at radius 3 is 2.47 bits per heavy atom. The first-order valence-electron chi connectivity index (χ1n) is 6.14. The van der Waals surface area contributed by atoms with E-state index in [9.17, 15) is 12.8 Å². The second kappa shape index (κ2) is 4.80. The molecule has 1 N–H and O–H groups in total. The number of hydrogen-bond acceptors (Lipinski definition) is 3. The molecule has 0 spiro atoms. The van der Waals surface area contributed by atoms with E-state index in [0.717, 1.165) is 19.2 Å². The fourth-order valence-electron chi connectivity index (χ4n) is 2.79. The van der Waals surface area contributed by atoms with Gasteiger partial charge >= 0.3 is 0 Å². The zero-order valence-corrected chi connectivity index (χ0v) is 12.5. The first-order chi connectivity index (χ1) is 8.98. The summed E-state index contributed by atoms with van der Waals surface area (Å²) in [6.45, 7) is 2.78. The van der Waals surface area contributed by atoms with Gasteiger partial charge < -0.3 is 5.32 Å². The molecule has 2 aliphatic rings. The van der Waals surface area contributed by atoms with Crippen molar-refractivity contribution in [1.29, 1.82) is 0 Å². The van der Waals surface area contributed by atoms with Crippen molar-refractivity contribution >= 4 is 26.0 Å². The van der Waals surface area contributed by atoms with Gasteiger partial charge in [0, 0.05) is 13.1 Å². The Morgan fingerprint density at radius 1 is 1.26 bits per heavy atom. The van der Waals surface area contributed by atoms with Crippen LogP contribution in [-0.2, 0) is 10.0 Å². The quantitative estimate of drug-likeness (QED) is 0.879. The summed E-state index contributed by atoms with van der Waals surface area (Å²) < 4.78 is 40.1. The van der Waals surface area contributed by atoms with Crippen molar-refractivity contribution in [2.45, 2.75) is 4.90 Å². The molecule has 0 aromatic heterocycles. The summed E-state index contributed by atoms with van der Waals surface area (Å²) in [5, 5.41) is 3.26. The summed E-state index contributed by atoms with van der Waals surface area (Å²) in [5.41, 5.74) is 0. The van der Waals surface area contributed by atoms with Crippen LogP contribution in [0.1, 0.15) is 0 Å². The third kappa shape index (κ3) is 2.33. The predicted molar refractivity (Wildman–Crippen MR) is 72.7 cm³/mol. The van der Waals surface area contributed by atoms with E-state index in [1.54, 1.807) is 0 Å². The molecule has 2 unspecified atom stereocenters. The smallest absolute Gasteiger partial charge is 0.243 e. The highest BCUT2D eigenvalue weighted by molar-refractivity contribution is 9.10. The van der Waals surface area contributed by atoms with Crippen LogP contribution in [0.5, 0.6) is 0 Å². The van der Waals surface area contributed by atoms with Gasteiger partial charge in [-0.15, -0.1) is 0 Å². The molecule has 1 aromatic carbocycles. The topological polar surface area (TPSA) is 49.4 Å². The first kappa shape index (κ1) is 13.5. The van der Waals surface area contributed by atoms with Gasteiger partial charge in [-0.05, 0) is 59.1 Å². The lowest BCUT2D eigenvalue weighted by Gasteiger charge is -2.17. The van der Waals surface area contributed by atoms with Gasteiger partial charge in [-0.25, -0.2) is 12.8 Å². The molecule has 0 radical (unpaired) electrons. The summed E-state index contributed by atoms with van der Waals surface area (Å²) in [6.07, 6.45) is 0. The van der Waals surface area contributed by atoms with Crippen LogP contribution >= 0.6 is 15.9 Å². The Kier molecular flexibility index (Phi) is 3.41. The standard InChI is InChI=1S/C12H14BrFN2O2S/c13-11-2-1-10(3-12(11)14)19(17,18)16-6-8-4-15-5-9(8)7-16/h1-3,8-9,15H,4-7H2. The van der Waals surface area contributed by atoms with Gasteiger partial charge in [0.1, 0.15) is 5.82 Å². The monoisotopic (exact) mass is 348 g/mol. The highest BCUT2D eigenvalue weighted by Gasteiger charge is 2.41. The summed E-state index contributed by atoms with van der Waals surface area (Å²) in [7, 11) is -3.58. The number of rotatable bonds is 2. The van der Waals surface area contributed by atoms with Crippen molar-refractivity contribution in [3.8, 4) is 0 Å². The van der Waals surface area contributed by atoms with Crippen LogP contribution in [0.2, 0.25) is 0 Å². The molecule has 2 saturated heterocycles. The van der Waals surface area contributed by atoms with Crippen LogP contribution in [0.4, 0.5) is 4.39 Å². The maximum absolute atomic E-state index is 13.5. The molecule has 2 fully saturated rings. The van der Waals surface area contributed by atoms with Crippen LogP contribution < -0.4 is 5.32 Å². The minimum Gasteiger partial charge on any atom is -0.316 e. The van der Waals surface area contributed by atoms with Crippen LogP contribution in [0, 0.1) is 17.7 Å². The van der Waals surface area contributed by atoms with Gasteiger partial charge in [-0.2, -0.15) is 4.31 Å². The molecule has 7 heteroatoms. The van der Waals surface area contributed by atoms with E-state index in [1.807, 2.05) is 0 Å². The molecule has 0 aliphatic carbocycles. The average Bonchev–Trinajstić information content (AvgIpc) is 2.93. The molecular formula is C12H14BrFN2O2S. The van der Waals surface area contributed by atoms with Gasteiger partial charge in [0.2, 0.25) is 10.0 Å². The van der Waals surface area contributed by atoms with E-state index in [1.165, 1.54) is 16.4 Å². The van der Waals surface area contributed by atoms with E-state index < -0.39 is 15.8 Å². The molecule has 0 saturated carbocycles. The maximum atomic E-state index is 13.5. The normalized spacial score (nSPS) is 27.7. The minimum atomic E-state index is -3.58. The Labute approximate surface area is 120 Å². The predicted octanol–water partition coefficient (Wildman–Crippen LogP) is 1.43. The molecule has 3 rings (SSSR count). The summed E-state index contributed by atoms with van der Waals surface area (Å²) in [4.78, 5) is 0.0288. The average molecular weight is 349 g/mol. The Hall–Kier alpha value is -0.500. The third-order valence-electron chi connectivity index (χ3n) is 3.88. The molecule has 4 nitrogen and oxygen atoms in total. The van der Waals surface area contributed by atoms with Gasteiger partial charge in [-0.3, -0.25) is 0 Å². The number of nitrogens with one attached hydrogen (secondary N) is 1. The highest BCUT2D eigenvalue weighted by Crippen LogP contribution is 2.31. The number of nitrogens with zero attached hydrogens (tertiary/aromatic N) is 1. The summed E-state index contributed by atoms with van der Waals surface area (Å²) in [5.74, 6) is 0.215. The van der Waals surface area contributed by atoms with Crippen LogP contribution in [-0.4, -0.2) is 38.9 Å². The SMILES string of the molecule is O=S(=O)(c1ccc(Br)c(F)c1)N1CC2CNCC2C1. The van der Waals surface area contributed by atoms with E-state index in [-0.39, 0.29) is 9.37 Å².